The highest BCUT2D eigenvalue weighted by Crippen LogP contribution is 2.37. The average Bonchev–Trinajstić information content (AvgIpc) is 2.88. The van der Waals surface area contributed by atoms with Crippen LogP contribution >= 0.6 is 11.3 Å². The summed E-state index contributed by atoms with van der Waals surface area (Å²) in [6.45, 7) is 5.43. The number of benzene rings is 1. The minimum Gasteiger partial charge on any atom is -0.486 e. The molecule has 5 heteroatoms. The van der Waals surface area contributed by atoms with E-state index in [9.17, 15) is 0 Å². The molecule has 2 aromatic rings. The standard InChI is InChI=1S/C15H18N2O2S/c1-9(16-3)14-10(2)17-15(20-14)11-4-5-12-13(8-11)19-7-6-18-12/h4-5,8-9,16H,6-7H2,1-3H3. The first-order valence-corrected chi connectivity index (χ1v) is 7.55. The van der Waals surface area contributed by atoms with Crippen molar-refractivity contribution >= 4 is 11.3 Å². The molecule has 3 rings (SSSR count). The lowest BCUT2D eigenvalue weighted by Crippen LogP contribution is -2.15. The highest BCUT2D eigenvalue weighted by Gasteiger charge is 2.17. The minimum absolute atomic E-state index is 0.318. The van der Waals surface area contributed by atoms with Crippen LogP contribution in [0.4, 0.5) is 0 Å². The van der Waals surface area contributed by atoms with Crippen LogP contribution in [0.15, 0.2) is 18.2 Å². The normalized spacial score (nSPS) is 15.2. The summed E-state index contributed by atoms with van der Waals surface area (Å²) >= 11 is 1.73. The maximum absolute atomic E-state index is 5.63. The fraction of sp³-hybridized carbons (Fsp3) is 0.400. The number of fused-ring (bicyclic) bond motifs is 1. The third-order valence-electron chi connectivity index (χ3n) is 3.45. The van der Waals surface area contributed by atoms with Crippen LogP contribution in [0.5, 0.6) is 11.5 Å². The second-order valence-electron chi connectivity index (χ2n) is 4.84. The fourth-order valence-corrected chi connectivity index (χ4v) is 3.36. The molecule has 1 aliphatic heterocycles. The fourth-order valence-electron chi connectivity index (χ4n) is 2.24. The molecule has 0 aliphatic carbocycles. The summed E-state index contributed by atoms with van der Waals surface area (Å²) in [6.07, 6.45) is 0. The molecule has 20 heavy (non-hydrogen) atoms. The number of hydrogen-bond acceptors (Lipinski definition) is 5. The van der Waals surface area contributed by atoms with E-state index in [1.807, 2.05) is 25.2 Å². The number of ether oxygens (including phenoxy) is 2. The van der Waals surface area contributed by atoms with Crippen molar-refractivity contribution in [2.75, 3.05) is 20.3 Å². The van der Waals surface area contributed by atoms with Crippen LogP contribution in [-0.4, -0.2) is 25.2 Å². The van der Waals surface area contributed by atoms with Crippen LogP contribution in [-0.2, 0) is 0 Å². The maximum atomic E-state index is 5.63. The number of aryl methyl sites for hydroxylation is 1. The lowest BCUT2D eigenvalue weighted by molar-refractivity contribution is 0.171. The van der Waals surface area contributed by atoms with Crippen molar-refractivity contribution < 1.29 is 9.47 Å². The lowest BCUT2D eigenvalue weighted by atomic mass is 10.2. The van der Waals surface area contributed by atoms with Crippen LogP contribution < -0.4 is 14.8 Å². The van der Waals surface area contributed by atoms with Crippen molar-refractivity contribution in [1.29, 1.82) is 0 Å². The number of nitrogens with zero attached hydrogens (tertiary/aromatic N) is 1. The van der Waals surface area contributed by atoms with Crippen LogP contribution in [0.25, 0.3) is 10.6 Å². The summed E-state index contributed by atoms with van der Waals surface area (Å²) in [4.78, 5) is 5.96. The molecule has 1 atom stereocenters. The number of aromatic nitrogens is 1. The molecule has 4 nitrogen and oxygen atoms in total. The quantitative estimate of drug-likeness (QED) is 0.943. The summed E-state index contributed by atoms with van der Waals surface area (Å²) in [5.74, 6) is 1.63. The molecule has 0 saturated heterocycles. The smallest absolute Gasteiger partial charge is 0.162 e. The molecule has 1 unspecified atom stereocenters. The average molecular weight is 290 g/mol. The van der Waals surface area contributed by atoms with Crippen molar-refractivity contribution in [3.8, 4) is 22.1 Å². The predicted octanol–water partition coefficient (Wildman–Crippen LogP) is 3.17. The van der Waals surface area contributed by atoms with Gasteiger partial charge in [-0.15, -0.1) is 11.3 Å². The van der Waals surface area contributed by atoms with Crippen LogP contribution in [0.1, 0.15) is 23.5 Å². The molecule has 1 aromatic heterocycles. The predicted molar refractivity (Wildman–Crippen MR) is 80.8 cm³/mol. The van der Waals surface area contributed by atoms with Crippen LogP contribution in [0.2, 0.25) is 0 Å². The van der Waals surface area contributed by atoms with Gasteiger partial charge >= 0.3 is 0 Å². The topological polar surface area (TPSA) is 43.4 Å². The second kappa shape index (κ2) is 5.42. The molecule has 0 amide bonds. The van der Waals surface area contributed by atoms with E-state index >= 15 is 0 Å². The van der Waals surface area contributed by atoms with Crippen molar-refractivity contribution in [2.24, 2.45) is 0 Å². The van der Waals surface area contributed by atoms with E-state index in [0.717, 1.165) is 27.8 Å². The summed E-state index contributed by atoms with van der Waals surface area (Å²) < 4.78 is 11.2. The van der Waals surface area contributed by atoms with Gasteiger partial charge in [-0.05, 0) is 39.1 Å². The van der Waals surface area contributed by atoms with Crippen molar-refractivity contribution in [2.45, 2.75) is 19.9 Å². The first kappa shape index (κ1) is 13.4. The molecule has 0 spiro atoms. The Morgan fingerprint density at radius 1 is 1.25 bits per heavy atom. The Morgan fingerprint density at radius 3 is 2.75 bits per heavy atom. The SMILES string of the molecule is CNC(C)c1sc(-c2ccc3c(c2)OCCO3)nc1C. The summed E-state index contributed by atoms with van der Waals surface area (Å²) in [7, 11) is 1.97. The molecule has 0 radical (unpaired) electrons. The zero-order valence-corrected chi connectivity index (χ0v) is 12.7. The Hall–Kier alpha value is -1.59. The van der Waals surface area contributed by atoms with E-state index in [1.165, 1.54) is 4.88 Å². The number of thiazole rings is 1. The second-order valence-corrected chi connectivity index (χ2v) is 5.87. The zero-order chi connectivity index (χ0) is 14.1. The molecule has 1 aromatic carbocycles. The number of rotatable bonds is 3. The van der Waals surface area contributed by atoms with Crippen molar-refractivity contribution in [1.82, 2.24) is 10.3 Å². The van der Waals surface area contributed by atoms with Gasteiger partial charge in [0.2, 0.25) is 0 Å². The molecule has 106 valence electrons. The minimum atomic E-state index is 0.318. The molecule has 1 N–H and O–H groups in total. The summed E-state index contributed by atoms with van der Waals surface area (Å²) in [5.41, 5.74) is 2.17. The van der Waals surface area contributed by atoms with E-state index < -0.39 is 0 Å². The van der Waals surface area contributed by atoms with Gasteiger partial charge in [-0.1, -0.05) is 0 Å². The van der Waals surface area contributed by atoms with E-state index in [1.54, 1.807) is 11.3 Å². The third kappa shape index (κ3) is 2.39. The van der Waals surface area contributed by atoms with Gasteiger partial charge in [-0.25, -0.2) is 4.98 Å². The molecule has 0 bridgehead atoms. The lowest BCUT2D eigenvalue weighted by Gasteiger charge is -2.18. The third-order valence-corrected chi connectivity index (χ3v) is 4.84. The van der Waals surface area contributed by atoms with Gasteiger partial charge in [-0.3, -0.25) is 0 Å². The molecular formula is C15H18N2O2S. The van der Waals surface area contributed by atoms with Crippen LogP contribution in [0, 0.1) is 6.92 Å². The molecule has 1 aliphatic rings. The van der Waals surface area contributed by atoms with Gasteiger partial charge in [0.15, 0.2) is 11.5 Å². The van der Waals surface area contributed by atoms with Gasteiger partial charge in [0.25, 0.3) is 0 Å². The number of nitrogens with one attached hydrogen (secondary N) is 1. The van der Waals surface area contributed by atoms with Gasteiger partial charge < -0.3 is 14.8 Å². The largest absolute Gasteiger partial charge is 0.486 e. The van der Waals surface area contributed by atoms with Crippen molar-refractivity contribution in [3.63, 3.8) is 0 Å². The molecular weight excluding hydrogens is 272 g/mol. The first-order valence-electron chi connectivity index (χ1n) is 6.73. The summed E-state index contributed by atoms with van der Waals surface area (Å²) in [6, 6.07) is 6.33. The van der Waals surface area contributed by atoms with Crippen LogP contribution in [0.3, 0.4) is 0 Å². The van der Waals surface area contributed by atoms with Gasteiger partial charge in [0.1, 0.15) is 18.2 Å². The maximum Gasteiger partial charge on any atom is 0.162 e. The zero-order valence-electron chi connectivity index (χ0n) is 11.9. The van der Waals surface area contributed by atoms with E-state index in [2.05, 4.69) is 24.1 Å². The van der Waals surface area contributed by atoms with E-state index in [4.69, 9.17) is 9.47 Å². The highest BCUT2D eigenvalue weighted by atomic mass is 32.1. The van der Waals surface area contributed by atoms with E-state index in [-0.39, 0.29) is 0 Å². The molecule has 0 saturated carbocycles. The van der Waals surface area contributed by atoms with Gasteiger partial charge in [-0.2, -0.15) is 0 Å². The monoisotopic (exact) mass is 290 g/mol. The Balaban J connectivity index is 1.97. The number of hydrogen-bond donors (Lipinski definition) is 1. The van der Waals surface area contributed by atoms with Gasteiger partial charge in [0.05, 0.1) is 5.69 Å². The first-order chi connectivity index (χ1) is 9.69. The van der Waals surface area contributed by atoms with Crippen molar-refractivity contribution in [3.05, 3.63) is 28.8 Å². The highest BCUT2D eigenvalue weighted by molar-refractivity contribution is 7.15. The Labute approximate surface area is 122 Å². The summed E-state index contributed by atoms with van der Waals surface area (Å²) in [5, 5.41) is 4.29. The van der Waals surface area contributed by atoms with Gasteiger partial charge in [0, 0.05) is 16.5 Å². The van der Waals surface area contributed by atoms with E-state index in [0.29, 0.717) is 19.3 Å². The Morgan fingerprint density at radius 2 is 2.00 bits per heavy atom. The Bertz CT molecular complexity index is 624. The molecule has 2 heterocycles. The Kier molecular flexibility index (Phi) is 3.63. The molecule has 0 fully saturated rings.